The lowest BCUT2D eigenvalue weighted by atomic mass is 10.1. The molecule has 1 aliphatic carbocycles. The van der Waals surface area contributed by atoms with E-state index in [0.717, 1.165) is 19.4 Å². The second-order valence-corrected chi connectivity index (χ2v) is 7.69. The average molecular weight is 302 g/mol. The molecule has 118 valence electrons. The van der Waals surface area contributed by atoms with Crippen molar-refractivity contribution in [3.05, 3.63) is 0 Å². The zero-order chi connectivity index (χ0) is 15.0. The van der Waals surface area contributed by atoms with Crippen LogP contribution in [0.3, 0.4) is 0 Å². The number of hydrogen-bond acceptors (Lipinski definition) is 4. The van der Waals surface area contributed by atoms with Gasteiger partial charge in [0.1, 0.15) is 5.60 Å². The van der Waals surface area contributed by atoms with E-state index in [1.54, 1.807) is 0 Å². The molecular weight excluding hydrogens is 272 g/mol. The van der Waals surface area contributed by atoms with Gasteiger partial charge in [-0.2, -0.15) is 11.8 Å². The third kappa shape index (κ3) is 7.39. The van der Waals surface area contributed by atoms with Gasteiger partial charge >= 0.3 is 6.09 Å². The standard InChI is InChI=1S/C15H30N2O2S/c1-5-20-11-7-10-16-12-8-6-9-13(12)17-14(18)19-15(2,3)4/h12-13,16H,5-11H2,1-4H3,(H,17,18). The SMILES string of the molecule is CCSCCCNC1CCCC1NC(=O)OC(C)(C)C. The Balaban J connectivity index is 2.25. The van der Waals surface area contributed by atoms with E-state index in [0.29, 0.717) is 6.04 Å². The molecule has 1 saturated carbocycles. The van der Waals surface area contributed by atoms with Crippen LogP contribution in [0.25, 0.3) is 0 Å². The first-order chi connectivity index (χ1) is 9.42. The molecule has 1 rings (SSSR count). The lowest BCUT2D eigenvalue weighted by Gasteiger charge is -2.25. The summed E-state index contributed by atoms with van der Waals surface area (Å²) in [5.74, 6) is 2.40. The van der Waals surface area contributed by atoms with E-state index in [1.807, 2.05) is 32.5 Å². The highest BCUT2D eigenvalue weighted by Crippen LogP contribution is 2.20. The molecule has 0 aromatic heterocycles. The van der Waals surface area contributed by atoms with Crippen LogP contribution in [-0.4, -0.2) is 41.8 Å². The highest BCUT2D eigenvalue weighted by molar-refractivity contribution is 7.99. The van der Waals surface area contributed by atoms with Crippen LogP contribution >= 0.6 is 11.8 Å². The first-order valence-corrected chi connectivity index (χ1v) is 8.88. The van der Waals surface area contributed by atoms with Gasteiger partial charge in [-0.1, -0.05) is 6.92 Å². The molecule has 20 heavy (non-hydrogen) atoms. The van der Waals surface area contributed by atoms with Gasteiger partial charge in [0.25, 0.3) is 0 Å². The molecule has 1 amide bonds. The van der Waals surface area contributed by atoms with Gasteiger partial charge in [0.15, 0.2) is 0 Å². The number of rotatable bonds is 7. The van der Waals surface area contributed by atoms with Crippen molar-refractivity contribution in [1.82, 2.24) is 10.6 Å². The maximum Gasteiger partial charge on any atom is 0.407 e. The highest BCUT2D eigenvalue weighted by Gasteiger charge is 2.29. The summed E-state index contributed by atoms with van der Waals surface area (Å²) in [7, 11) is 0. The largest absolute Gasteiger partial charge is 0.444 e. The van der Waals surface area contributed by atoms with Crippen molar-refractivity contribution >= 4 is 17.9 Å². The van der Waals surface area contributed by atoms with Crippen LogP contribution in [-0.2, 0) is 4.74 Å². The maximum absolute atomic E-state index is 11.8. The predicted molar refractivity (Wildman–Crippen MR) is 86.4 cm³/mol. The Morgan fingerprint density at radius 1 is 1.30 bits per heavy atom. The monoisotopic (exact) mass is 302 g/mol. The van der Waals surface area contributed by atoms with Crippen LogP contribution in [0.2, 0.25) is 0 Å². The van der Waals surface area contributed by atoms with Gasteiger partial charge in [0.05, 0.1) is 0 Å². The smallest absolute Gasteiger partial charge is 0.407 e. The van der Waals surface area contributed by atoms with Crippen molar-refractivity contribution in [2.75, 3.05) is 18.1 Å². The molecule has 2 atom stereocenters. The zero-order valence-electron chi connectivity index (χ0n) is 13.3. The molecule has 0 saturated heterocycles. The van der Waals surface area contributed by atoms with E-state index in [1.165, 1.54) is 24.3 Å². The molecule has 0 spiro atoms. The van der Waals surface area contributed by atoms with Crippen molar-refractivity contribution in [3.63, 3.8) is 0 Å². The van der Waals surface area contributed by atoms with Crippen LogP contribution in [0, 0.1) is 0 Å². The molecule has 0 bridgehead atoms. The Hall–Kier alpha value is -0.420. The number of carbonyl (C=O) groups excluding carboxylic acids is 1. The Morgan fingerprint density at radius 2 is 2.00 bits per heavy atom. The molecule has 0 aromatic carbocycles. The van der Waals surface area contributed by atoms with Gasteiger partial charge in [-0.05, 0) is 64.5 Å². The van der Waals surface area contributed by atoms with E-state index in [-0.39, 0.29) is 12.1 Å². The molecule has 1 aliphatic rings. The summed E-state index contributed by atoms with van der Waals surface area (Å²) in [6, 6.07) is 0.609. The normalized spacial score (nSPS) is 22.8. The minimum absolute atomic E-state index is 0.212. The number of hydrogen-bond donors (Lipinski definition) is 2. The molecule has 0 radical (unpaired) electrons. The number of alkyl carbamates (subject to hydrolysis) is 1. The van der Waals surface area contributed by atoms with Crippen LogP contribution < -0.4 is 10.6 Å². The Labute approximate surface area is 127 Å². The summed E-state index contributed by atoms with van der Waals surface area (Å²) in [5, 5.41) is 6.58. The summed E-state index contributed by atoms with van der Waals surface area (Å²) < 4.78 is 5.32. The van der Waals surface area contributed by atoms with Crippen LogP contribution in [0.4, 0.5) is 4.79 Å². The van der Waals surface area contributed by atoms with Crippen molar-refractivity contribution < 1.29 is 9.53 Å². The van der Waals surface area contributed by atoms with Crippen molar-refractivity contribution in [1.29, 1.82) is 0 Å². The molecule has 2 unspecified atom stereocenters. The summed E-state index contributed by atoms with van der Waals surface area (Å²) in [6.45, 7) is 8.90. The molecule has 2 N–H and O–H groups in total. The number of carbonyl (C=O) groups is 1. The van der Waals surface area contributed by atoms with Gasteiger partial charge in [-0.15, -0.1) is 0 Å². The van der Waals surface area contributed by atoms with Crippen LogP contribution in [0.5, 0.6) is 0 Å². The predicted octanol–water partition coefficient (Wildman–Crippen LogP) is 3.17. The van der Waals surface area contributed by atoms with E-state index < -0.39 is 5.60 Å². The summed E-state index contributed by atoms with van der Waals surface area (Å²) in [4.78, 5) is 11.8. The Bertz CT molecular complexity index is 292. The molecule has 1 fully saturated rings. The van der Waals surface area contributed by atoms with Crippen molar-refractivity contribution in [3.8, 4) is 0 Å². The quantitative estimate of drug-likeness (QED) is 0.709. The number of nitrogens with one attached hydrogen (secondary N) is 2. The first-order valence-electron chi connectivity index (χ1n) is 7.73. The Kier molecular flexibility index (Phi) is 7.74. The third-order valence-electron chi connectivity index (χ3n) is 3.29. The second kappa shape index (κ2) is 8.78. The summed E-state index contributed by atoms with van der Waals surface area (Å²) in [6.07, 6.45) is 4.25. The fourth-order valence-electron chi connectivity index (χ4n) is 2.44. The van der Waals surface area contributed by atoms with Gasteiger partial charge in [0.2, 0.25) is 0 Å². The zero-order valence-corrected chi connectivity index (χ0v) is 14.1. The fourth-order valence-corrected chi connectivity index (χ4v) is 3.08. The maximum atomic E-state index is 11.8. The van der Waals surface area contributed by atoms with Crippen molar-refractivity contribution in [2.24, 2.45) is 0 Å². The molecule has 4 nitrogen and oxygen atoms in total. The number of thioether (sulfide) groups is 1. The lowest BCUT2D eigenvalue weighted by Crippen LogP contribution is -2.48. The van der Waals surface area contributed by atoms with E-state index in [4.69, 9.17) is 4.74 Å². The number of amides is 1. The van der Waals surface area contributed by atoms with E-state index in [9.17, 15) is 4.79 Å². The minimum atomic E-state index is -0.428. The minimum Gasteiger partial charge on any atom is -0.444 e. The second-order valence-electron chi connectivity index (χ2n) is 6.29. The average Bonchev–Trinajstić information content (AvgIpc) is 2.74. The molecule has 0 aliphatic heterocycles. The molecule has 5 heteroatoms. The van der Waals surface area contributed by atoms with Crippen LogP contribution in [0.15, 0.2) is 0 Å². The topological polar surface area (TPSA) is 50.4 Å². The molecule has 0 heterocycles. The van der Waals surface area contributed by atoms with Gasteiger partial charge in [0, 0.05) is 12.1 Å². The summed E-state index contributed by atoms with van der Waals surface area (Å²) in [5.41, 5.74) is -0.428. The first kappa shape index (κ1) is 17.6. The van der Waals surface area contributed by atoms with Gasteiger partial charge < -0.3 is 15.4 Å². The fraction of sp³-hybridized carbons (Fsp3) is 0.933. The number of ether oxygens (including phenoxy) is 1. The highest BCUT2D eigenvalue weighted by atomic mass is 32.2. The van der Waals surface area contributed by atoms with Crippen LogP contribution in [0.1, 0.15) is 53.4 Å². The van der Waals surface area contributed by atoms with Gasteiger partial charge in [-0.25, -0.2) is 4.79 Å². The lowest BCUT2D eigenvalue weighted by molar-refractivity contribution is 0.0498. The van der Waals surface area contributed by atoms with Gasteiger partial charge in [-0.3, -0.25) is 0 Å². The van der Waals surface area contributed by atoms with E-state index >= 15 is 0 Å². The van der Waals surface area contributed by atoms with E-state index in [2.05, 4.69) is 17.6 Å². The van der Waals surface area contributed by atoms with Crippen molar-refractivity contribution in [2.45, 2.75) is 71.1 Å². The summed E-state index contributed by atoms with van der Waals surface area (Å²) >= 11 is 1.98. The third-order valence-corrected chi connectivity index (χ3v) is 4.28. The molecule has 0 aromatic rings. The Morgan fingerprint density at radius 3 is 2.65 bits per heavy atom. The molecular formula is C15H30N2O2S.